The van der Waals surface area contributed by atoms with Crippen LogP contribution >= 0.6 is 0 Å². The van der Waals surface area contributed by atoms with Crippen LogP contribution in [0.5, 0.6) is 0 Å². The normalized spacial score (nSPS) is 14.7. The summed E-state index contributed by atoms with van der Waals surface area (Å²) in [6, 6.07) is 10.9. The van der Waals surface area contributed by atoms with Crippen molar-refractivity contribution in [2.45, 2.75) is 12.8 Å². The number of esters is 1. The molecule has 22 heavy (non-hydrogen) atoms. The Morgan fingerprint density at radius 2 is 2.09 bits per heavy atom. The van der Waals surface area contributed by atoms with Crippen LogP contribution in [0.4, 0.5) is 11.6 Å². The number of nitrogens with zero attached hydrogens (tertiary/aromatic N) is 2. The number of carbonyl (C=O) groups is 1. The van der Waals surface area contributed by atoms with Crippen LogP contribution < -0.4 is 4.90 Å². The van der Waals surface area contributed by atoms with Gasteiger partial charge >= 0.3 is 5.97 Å². The molecule has 1 fully saturated rings. The Kier molecular flexibility index (Phi) is 4.23. The Bertz CT molecular complexity index is 685. The highest BCUT2D eigenvalue weighted by Gasteiger charge is 2.15. The molecule has 2 heterocycles. The number of anilines is 1. The van der Waals surface area contributed by atoms with Gasteiger partial charge in [-0.1, -0.05) is 6.07 Å². The van der Waals surface area contributed by atoms with Crippen LogP contribution in [0.3, 0.4) is 0 Å². The third kappa shape index (κ3) is 3.19. The zero-order chi connectivity index (χ0) is 15.4. The minimum atomic E-state index is -0.369. The smallest absolute Gasteiger partial charge is 0.337 e. The molecule has 2 aromatic rings. The summed E-state index contributed by atoms with van der Waals surface area (Å²) in [7, 11) is 1.36. The number of benzene rings is 1. The molecule has 1 aromatic heterocycles. The first-order valence-corrected chi connectivity index (χ1v) is 7.33. The van der Waals surface area contributed by atoms with E-state index in [0.717, 1.165) is 19.0 Å². The first kappa shape index (κ1) is 14.4. The number of hydrogen-bond donors (Lipinski definition) is 0. The maximum absolute atomic E-state index is 11.5. The van der Waals surface area contributed by atoms with E-state index in [1.165, 1.54) is 20.0 Å². The number of methoxy groups -OCH3 is 1. The molecule has 0 unspecified atom stereocenters. The largest absolute Gasteiger partial charge is 0.465 e. The Hall–Kier alpha value is -2.56. The molecule has 0 bridgehead atoms. The van der Waals surface area contributed by atoms with Gasteiger partial charge in [-0.3, -0.25) is 4.99 Å². The predicted octanol–water partition coefficient (Wildman–Crippen LogP) is 3.42. The van der Waals surface area contributed by atoms with E-state index < -0.39 is 0 Å². The van der Waals surface area contributed by atoms with E-state index in [9.17, 15) is 4.79 Å². The fraction of sp³-hybridized carbons (Fsp3) is 0.294. The van der Waals surface area contributed by atoms with Crippen molar-refractivity contribution in [3.63, 3.8) is 0 Å². The van der Waals surface area contributed by atoms with Gasteiger partial charge in [-0.25, -0.2) is 4.79 Å². The van der Waals surface area contributed by atoms with Crippen molar-refractivity contribution >= 4 is 23.8 Å². The molecule has 0 radical (unpaired) electrons. The van der Waals surface area contributed by atoms with Crippen molar-refractivity contribution in [1.82, 2.24) is 0 Å². The van der Waals surface area contributed by atoms with E-state index in [1.807, 2.05) is 18.2 Å². The second kappa shape index (κ2) is 6.47. The Labute approximate surface area is 129 Å². The van der Waals surface area contributed by atoms with Crippen molar-refractivity contribution in [3.8, 4) is 0 Å². The van der Waals surface area contributed by atoms with E-state index in [1.54, 1.807) is 24.4 Å². The first-order valence-electron chi connectivity index (χ1n) is 7.33. The minimum Gasteiger partial charge on any atom is -0.465 e. The topological polar surface area (TPSA) is 55.0 Å². The van der Waals surface area contributed by atoms with E-state index in [-0.39, 0.29) is 5.97 Å². The van der Waals surface area contributed by atoms with Gasteiger partial charge in [0, 0.05) is 19.2 Å². The number of hydrogen-bond acceptors (Lipinski definition) is 5. The second-order valence-electron chi connectivity index (χ2n) is 5.17. The van der Waals surface area contributed by atoms with Gasteiger partial charge in [-0.15, -0.1) is 0 Å². The average molecular weight is 298 g/mol. The standard InChI is InChI=1S/C17H18N2O3/c1-21-17(20)13-5-4-6-14(11-13)18-12-15-7-8-16(22-15)19-9-2-3-10-19/h4-8,11-12H,2-3,9-10H2,1H3. The van der Waals surface area contributed by atoms with Crippen LogP contribution in [0.15, 0.2) is 45.8 Å². The Morgan fingerprint density at radius 3 is 2.86 bits per heavy atom. The molecule has 114 valence electrons. The van der Waals surface area contributed by atoms with Crippen LogP contribution in [0.1, 0.15) is 29.0 Å². The summed E-state index contributed by atoms with van der Waals surface area (Å²) in [6.07, 6.45) is 4.09. The minimum absolute atomic E-state index is 0.369. The summed E-state index contributed by atoms with van der Waals surface area (Å²) in [4.78, 5) is 18.1. The highest BCUT2D eigenvalue weighted by molar-refractivity contribution is 5.90. The van der Waals surface area contributed by atoms with Crippen molar-refractivity contribution < 1.29 is 13.9 Å². The van der Waals surface area contributed by atoms with Gasteiger partial charge in [0.15, 0.2) is 5.88 Å². The number of ether oxygens (including phenoxy) is 1. The molecule has 5 nitrogen and oxygen atoms in total. The van der Waals surface area contributed by atoms with Gasteiger partial charge in [-0.05, 0) is 37.1 Å². The van der Waals surface area contributed by atoms with E-state index in [2.05, 4.69) is 9.89 Å². The molecular formula is C17H18N2O3. The lowest BCUT2D eigenvalue weighted by atomic mass is 10.2. The summed E-state index contributed by atoms with van der Waals surface area (Å²) < 4.78 is 10.5. The first-order chi connectivity index (χ1) is 10.8. The lowest BCUT2D eigenvalue weighted by Crippen LogP contribution is -2.16. The number of carbonyl (C=O) groups excluding carboxylic acids is 1. The molecule has 3 rings (SSSR count). The van der Waals surface area contributed by atoms with Crippen LogP contribution in [0.25, 0.3) is 0 Å². The van der Waals surface area contributed by atoms with E-state index >= 15 is 0 Å². The Morgan fingerprint density at radius 1 is 1.27 bits per heavy atom. The van der Waals surface area contributed by atoms with Crippen LogP contribution in [-0.2, 0) is 4.74 Å². The van der Waals surface area contributed by atoms with Crippen LogP contribution in [0, 0.1) is 0 Å². The molecule has 1 aliphatic heterocycles. The lowest BCUT2D eigenvalue weighted by Gasteiger charge is -2.12. The number of aliphatic imine (C=N–C) groups is 1. The molecule has 1 saturated heterocycles. The Balaban J connectivity index is 1.72. The van der Waals surface area contributed by atoms with E-state index in [4.69, 9.17) is 9.15 Å². The van der Waals surface area contributed by atoms with Gasteiger partial charge in [-0.2, -0.15) is 0 Å². The lowest BCUT2D eigenvalue weighted by molar-refractivity contribution is 0.0601. The molecule has 0 N–H and O–H groups in total. The summed E-state index contributed by atoms with van der Waals surface area (Å²) in [5.74, 6) is 1.22. The second-order valence-corrected chi connectivity index (χ2v) is 5.17. The van der Waals surface area contributed by atoms with Gasteiger partial charge in [0.2, 0.25) is 0 Å². The summed E-state index contributed by atoms with van der Waals surface area (Å²) in [6.45, 7) is 2.09. The molecular weight excluding hydrogens is 280 g/mol. The molecule has 0 saturated carbocycles. The highest BCUT2D eigenvalue weighted by atomic mass is 16.5. The van der Waals surface area contributed by atoms with Crippen molar-refractivity contribution in [2.24, 2.45) is 4.99 Å². The summed E-state index contributed by atoms with van der Waals surface area (Å²) in [5.41, 5.74) is 1.16. The SMILES string of the molecule is COC(=O)c1cccc(N=Cc2ccc(N3CCCC3)o2)c1. The molecule has 1 aliphatic rings. The van der Waals surface area contributed by atoms with E-state index in [0.29, 0.717) is 17.0 Å². The van der Waals surface area contributed by atoms with Crippen molar-refractivity contribution in [1.29, 1.82) is 0 Å². The fourth-order valence-electron chi connectivity index (χ4n) is 2.49. The van der Waals surface area contributed by atoms with Crippen LogP contribution in [-0.4, -0.2) is 32.4 Å². The zero-order valence-electron chi connectivity index (χ0n) is 12.5. The molecule has 0 aliphatic carbocycles. The summed E-state index contributed by atoms with van der Waals surface area (Å²) >= 11 is 0. The molecule has 0 spiro atoms. The van der Waals surface area contributed by atoms with Crippen LogP contribution in [0.2, 0.25) is 0 Å². The van der Waals surface area contributed by atoms with Gasteiger partial charge < -0.3 is 14.1 Å². The predicted molar refractivity (Wildman–Crippen MR) is 85.2 cm³/mol. The molecule has 0 amide bonds. The fourth-order valence-corrected chi connectivity index (χ4v) is 2.49. The number of furan rings is 1. The van der Waals surface area contributed by atoms with Crippen molar-refractivity contribution in [2.75, 3.05) is 25.1 Å². The highest BCUT2D eigenvalue weighted by Crippen LogP contribution is 2.22. The van der Waals surface area contributed by atoms with Crippen molar-refractivity contribution in [3.05, 3.63) is 47.7 Å². The molecule has 1 aromatic carbocycles. The quantitative estimate of drug-likeness (QED) is 0.641. The maximum atomic E-state index is 11.5. The summed E-state index contributed by atoms with van der Waals surface area (Å²) in [5, 5.41) is 0. The maximum Gasteiger partial charge on any atom is 0.337 e. The third-order valence-electron chi connectivity index (χ3n) is 3.64. The molecule has 0 atom stereocenters. The molecule has 5 heteroatoms. The third-order valence-corrected chi connectivity index (χ3v) is 3.64. The monoisotopic (exact) mass is 298 g/mol. The zero-order valence-corrected chi connectivity index (χ0v) is 12.5. The van der Waals surface area contributed by atoms with Gasteiger partial charge in [0.1, 0.15) is 5.76 Å². The number of rotatable bonds is 4. The van der Waals surface area contributed by atoms with Gasteiger partial charge in [0.25, 0.3) is 0 Å². The average Bonchev–Trinajstić information content (AvgIpc) is 3.23. The van der Waals surface area contributed by atoms with Gasteiger partial charge in [0.05, 0.1) is 24.6 Å².